The predicted octanol–water partition coefficient (Wildman–Crippen LogP) is 3.49. The lowest BCUT2D eigenvalue weighted by atomic mass is 9.51. The van der Waals surface area contributed by atoms with Crippen molar-refractivity contribution in [1.82, 2.24) is 24.8 Å². The second-order valence-corrected chi connectivity index (χ2v) is 9.76. The van der Waals surface area contributed by atoms with Crippen molar-refractivity contribution in [2.45, 2.75) is 64.3 Å². The van der Waals surface area contributed by atoms with Crippen LogP contribution in [0.1, 0.15) is 57.6 Å². The highest BCUT2D eigenvalue weighted by Gasteiger charge is 2.57. The Morgan fingerprint density at radius 3 is 2.61 bits per heavy atom. The van der Waals surface area contributed by atoms with Crippen LogP contribution in [-0.4, -0.2) is 56.5 Å². The molecule has 2 fully saturated rings. The van der Waals surface area contributed by atoms with Crippen molar-refractivity contribution in [3.63, 3.8) is 0 Å². The van der Waals surface area contributed by atoms with Gasteiger partial charge in [0.2, 0.25) is 0 Å². The number of rotatable bonds is 0. The number of nitrogens with zero attached hydrogens (tertiary/aromatic N) is 5. The number of carbonyl (C=O) groups is 1. The van der Waals surface area contributed by atoms with E-state index in [1.165, 1.54) is 17.5 Å². The molecule has 5 rings (SSSR count). The van der Waals surface area contributed by atoms with Gasteiger partial charge in [-0.3, -0.25) is 0 Å². The first-order valence-corrected chi connectivity index (χ1v) is 10.7. The molecular formula is C22H31N5O. The number of amides is 2. The number of aryl methyl sites for hydroxylation is 1. The number of urea groups is 1. The smallest absolute Gasteiger partial charge is 0.320 e. The molecule has 2 aromatic rings. The Hall–Kier alpha value is -2.11. The lowest BCUT2D eigenvalue weighted by Gasteiger charge is -2.61. The lowest BCUT2D eigenvalue weighted by Crippen LogP contribution is -2.66. The van der Waals surface area contributed by atoms with Gasteiger partial charge in [-0.15, -0.1) is 5.10 Å². The standard InChI is InChI=1S/C22H31N5O/c1-21(2)19-13-15-12-17-18(25(4)24-23-17)14-16(15)22(21,3)8-11-27(19)20(28)26-9-6-5-7-10-26/h12,14,19H,5-11,13H2,1-4H3/t19-,22+/m1/s1. The molecule has 28 heavy (non-hydrogen) atoms. The number of likely N-dealkylation sites (tertiary alicyclic amines) is 2. The quantitative estimate of drug-likeness (QED) is 0.702. The van der Waals surface area contributed by atoms with E-state index < -0.39 is 0 Å². The Balaban J connectivity index is 1.57. The average Bonchev–Trinajstić information content (AvgIpc) is 3.04. The number of aromatic nitrogens is 3. The zero-order valence-corrected chi connectivity index (χ0v) is 17.5. The minimum atomic E-state index is 0.0173. The molecule has 3 aliphatic rings. The van der Waals surface area contributed by atoms with Crippen molar-refractivity contribution in [1.29, 1.82) is 0 Å². The molecule has 0 unspecified atom stereocenters. The van der Waals surface area contributed by atoms with Gasteiger partial charge >= 0.3 is 6.03 Å². The van der Waals surface area contributed by atoms with Gasteiger partial charge in [0.25, 0.3) is 0 Å². The van der Waals surface area contributed by atoms with Crippen LogP contribution in [0.5, 0.6) is 0 Å². The third kappa shape index (κ3) is 2.29. The zero-order valence-electron chi connectivity index (χ0n) is 17.5. The van der Waals surface area contributed by atoms with Crippen LogP contribution in [0.15, 0.2) is 12.1 Å². The summed E-state index contributed by atoms with van der Waals surface area (Å²) in [5.41, 5.74) is 4.89. The molecular weight excluding hydrogens is 350 g/mol. The normalized spacial score (nSPS) is 29.1. The van der Waals surface area contributed by atoms with Gasteiger partial charge in [-0.05, 0) is 60.8 Å². The van der Waals surface area contributed by atoms with Gasteiger partial charge in [0, 0.05) is 38.1 Å². The minimum Gasteiger partial charge on any atom is -0.325 e. The topological polar surface area (TPSA) is 54.3 Å². The van der Waals surface area contributed by atoms with Crippen molar-refractivity contribution in [3.05, 3.63) is 23.3 Å². The summed E-state index contributed by atoms with van der Waals surface area (Å²) in [6.07, 6.45) is 5.43. The van der Waals surface area contributed by atoms with Crippen molar-refractivity contribution in [3.8, 4) is 0 Å². The summed E-state index contributed by atoms with van der Waals surface area (Å²) in [4.78, 5) is 17.7. The number of hydrogen-bond donors (Lipinski definition) is 0. The molecule has 0 N–H and O–H groups in total. The summed E-state index contributed by atoms with van der Waals surface area (Å²) in [6.45, 7) is 9.80. The molecule has 0 radical (unpaired) electrons. The first kappa shape index (κ1) is 18.0. The Kier molecular flexibility index (Phi) is 3.81. The molecule has 2 saturated heterocycles. The fourth-order valence-electron chi connectivity index (χ4n) is 5.94. The van der Waals surface area contributed by atoms with Gasteiger partial charge in [-0.1, -0.05) is 26.0 Å². The van der Waals surface area contributed by atoms with Crippen LogP contribution in [0.3, 0.4) is 0 Å². The van der Waals surface area contributed by atoms with E-state index in [1.54, 1.807) is 0 Å². The fraction of sp³-hybridized carbons (Fsp3) is 0.682. The van der Waals surface area contributed by atoms with Gasteiger partial charge < -0.3 is 9.80 Å². The number of carbonyl (C=O) groups excluding carboxylic acids is 1. The molecule has 2 amide bonds. The third-order valence-electron chi connectivity index (χ3n) is 8.20. The summed E-state index contributed by atoms with van der Waals surface area (Å²) in [5, 5.41) is 8.54. The van der Waals surface area contributed by atoms with Crippen LogP contribution in [0, 0.1) is 5.41 Å². The summed E-state index contributed by atoms with van der Waals surface area (Å²) >= 11 is 0. The van der Waals surface area contributed by atoms with Crippen molar-refractivity contribution >= 4 is 17.1 Å². The fourth-order valence-corrected chi connectivity index (χ4v) is 5.94. The summed E-state index contributed by atoms with van der Waals surface area (Å²) < 4.78 is 1.87. The Morgan fingerprint density at radius 1 is 1.11 bits per heavy atom. The van der Waals surface area contributed by atoms with Crippen molar-refractivity contribution < 1.29 is 4.79 Å². The zero-order chi connectivity index (χ0) is 19.7. The molecule has 2 aliphatic heterocycles. The molecule has 3 heterocycles. The van der Waals surface area contributed by atoms with Gasteiger partial charge in [-0.2, -0.15) is 0 Å². The van der Waals surface area contributed by atoms with E-state index >= 15 is 0 Å². The molecule has 150 valence electrons. The average molecular weight is 382 g/mol. The highest BCUT2D eigenvalue weighted by atomic mass is 16.2. The van der Waals surface area contributed by atoms with Crippen LogP contribution < -0.4 is 0 Å². The Labute approximate surface area is 166 Å². The van der Waals surface area contributed by atoms with Crippen LogP contribution in [-0.2, 0) is 18.9 Å². The molecule has 1 aromatic heterocycles. The molecule has 0 spiro atoms. The molecule has 0 saturated carbocycles. The van der Waals surface area contributed by atoms with E-state index in [-0.39, 0.29) is 22.9 Å². The maximum absolute atomic E-state index is 13.4. The molecule has 2 bridgehead atoms. The SMILES string of the molecule is Cn1nnc2cc3c(cc21)[C@]1(C)CCN(C(=O)N2CCCCC2)[C@H](C3)C1(C)C. The van der Waals surface area contributed by atoms with E-state index in [2.05, 4.69) is 53.0 Å². The van der Waals surface area contributed by atoms with Gasteiger partial charge in [0.05, 0.1) is 5.52 Å². The summed E-state index contributed by atoms with van der Waals surface area (Å²) in [7, 11) is 1.96. The minimum absolute atomic E-state index is 0.0173. The van der Waals surface area contributed by atoms with E-state index in [9.17, 15) is 4.79 Å². The molecule has 2 atom stereocenters. The van der Waals surface area contributed by atoms with E-state index in [0.717, 1.165) is 56.4 Å². The van der Waals surface area contributed by atoms with E-state index in [0.29, 0.717) is 0 Å². The van der Waals surface area contributed by atoms with Crippen molar-refractivity contribution in [2.75, 3.05) is 19.6 Å². The monoisotopic (exact) mass is 381 g/mol. The predicted molar refractivity (Wildman–Crippen MR) is 109 cm³/mol. The summed E-state index contributed by atoms with van der Waals surface area (Å²) in [5.74, 6) is 0. The van der Waals surface area contributed by atoms with Crippen LogP contribution in [0.25, 0.3) is 11.0 Å². The largest absolute Gasteiger partial charge is 0.325 e. The maximum Gasteiger partial charge on any atom is 0.320 e. The molecule has 1 aliphatic carbocycles. The third-order valence-corrected chi connectivity index (χ3v) is 8.20. The Bertz CT molecular complexity index is 942. The first-order chi connectivity index (χ1) is 13.3. The maximum atomic E-state index is 13.4. The lowest BCUT2D eigenvalue weighted by molar-refractivity contribution is -0.0241. The number of hydrogen-bond acceptors (Lipinski definition) is 3. The highest BCUT2D eigenvalue weighted by molar-refractivity contribution is 5.79. The second-order valence-electron chi connectivity index (χ2n) is 9.76. The van der Waals surface area contributed by atoms with Gasteiger partial charge in [0.15, 0.2) is 0 Å². The summed E-state index contributed by atoms with van der Waals surface area (Å²) in [6, 6.07) is 5.00. The first-order valence-electron chi connectivity index (χ1n) is 10.7. The van der Waals surface area contributed by atoms with Crippen LogP contribution in [0.4, 0.5) is 4.79 Å². The number of fused-ring (bicyclic) bond motifs is 5. The molecule has 6 heteroatoms. The number of piperidine rings is 2. The molecule has 6 nitrogen and oxygen atoms in total. The van der Waals surface area contributed by atoms with Gasteiger partial charge in [-0.25, -0.2) is 9.48 Å². The number of benzene rings is 1. The van der Waals surface area contributed by atoms with E-state index in [1.807, 2.05) is 11.7 Å². The van der Waals surface area contributed by atoms with Crippen LogP contribution >= 0.6 is 0 Å². The Morgan fingerprint density at radius 2 is 1.86 bits per heavy atom. The molecule has 1 aromatic carbocycles. The van der Waals surface area contributed by atoms with Crippen molar-refractivity contribution in [2.24, 2.45) is 12.5 Å². The van der Waals surface area contributed by atoms with E-state index in [4.69, 9.17) is 0 Å². The van der Waals surface area contributed by atoms with Gasteiger partial charge in [0.1, 0.15) is 5.52 Å². The second kappa shape index (κ2) is 5.94. The van der Waals surface area contributed by atoms with Crippen LogP contribution in [0.2, 0.25) is 0 Å². The highest BCUT2D eigenvalue weighted by Crippen LogP contribution is 2.56.